The van der Waals surface area contributed by atoms with Gasteiger partial charge in [-0.05, 0) is 24.5 Å². The minimum Gasteiger partial charge on any atom is -0.452 e. The van der Waals surface area contributed by atoms with Gasteiger partial charge >= 0.3 is 5.97 Å². The summed E-state index contributed by atoms with van der Waals surface area (Å²) in [7, 11) is 0. The van der Waals surface area contributed by atoms with E-state index in [1.54, 1.807) is 12.3 Å². The lowest BCUT2D eigenvalue weighted by molar-refractivity contribution is -0.140. The van der Waals surface area contributed by atoms with Crippen LogP contribution in [-0.2, 0) is 16.1 Å². The van der Waals surface area contributed by atoms with Gasteiger partial charge in [-0.25, -0.2) is 9.78 Å². The van der Waals surface area contributed by atoms with Crippen LogP contribution < -0.4 is 0 Å². The van der Waals surface area contributed by atoms with Gasteiger partial charge in [0.1, 0.15) is 16.3 Å². The van der Waals surface area contributed by atoms with Crippen LogP contribution in [-0.4, -0.2) is 28.5 Å². The van der Waals surface area contributed by atoms with E-state index in [-0.39, 0.29) is 11.1 Å². The Balaban J connectivity index is 1.84. The minimum atomic E-state index is -0.414. The lowest BCUT2D eigenvalue weighted by atomic mass is 10.0. The van der Waals surface area contributed by atoms with Crippen molar-refractivity contribution in [3.8, 4) is 0 Å². The molecule has 100 valence electrons. The highest BCUT2D eigenvalue weighted by Gasteiger charge is 2.38. The number of rotatable bonds is 2. The first-order valence-electron chi connectivity index (χ1n) is 6.11. The molecule has 1 aromatic rings. The zero-order valence-electron chi connectivity index (χ0n) is 10.1. The normalized spacial score (nSPS) is 22.5. The molecule has 19 heavy (non-hydrogen) atoms. The smallest absolute Gasteiger partial charge is 0.352 e. The summed E-state index contributed by atoms with van der Waals surface area (Å²) in [6.45, 7) is 1.52. The van der Waals surface area contributed by atoms with Gasteiger partial charge in [-0.15, -0.1) is 0 Å². The first-order valence-corrected chi connectivity index (χ1v) is 6.87. The van der Waals surface area contributed by atoms with E-state index < -0.39 is 5.97 Å². The Morgan fingerprint density at radius 1 is 1.42 bits per heavy atom. The second-order valence-corrected chi connectivity index (χ2v) is 5.41. The van der Waals surface area contributed by atoms with Crippen molar-refractivity contribution in [1.29, 1.82) is 0 Å². The molecule has 0 N–H and O–H groups in total. The van der Waals surface area contributed by atoms with Gasteiger partial charge in [-0.1, -0.05) is 29.3 Å². The number of hydrogen-bond acceptors (Lipinski definition) is 4. The van der Waals surface area contributed by atoms with Crippen LogP contribution in [0.4, 0.5) is 0 Å². The number of nitrogens with zero attached hydrogens (tertiary/aromatic N) is 2. The van der Waals surface area contributed by atoms with Crippen LogP contribution in [0.15, 0.2) is 29.1 Å². The van der Waals surface area contributed by atoms with Gasteiger partial charge in [-0.3, -0.25) is 0 Å². The maximum atomic E-state index is 11.5. The topological polar surface area (TPSA) is 42.4 Å². The van der Waals surface area contributed by atoms with Crippen molar-refractivity contribution in [2.45, 2.75) is 25.5 Å². The molecule has 1 fully saturated rings. The van der Waals surface area contributed by atoms with E-state index in [0.717, 1.165) is 30.6 Å². The molecule has 0 saturated carbocycles. The molecule has 0 amide bonds. The number of carbonyl (C=O) groups excluding carboxylic acids is 1. The van der Waals surface area contributed by atoms with Crippen molar-refractivity contribution in [3.05, 3.63) is 39.8 Å². The molecule has 1 unspecified atom stereocenters. The van der Waals surface area contributed by atoms with Crippen LogP contribution in [0.3, 0.4) is 0 Å². The Kier molecular flexibility index (Phi) is 3.37. The number of fused-ring (bicyclic) bond motifs is 1. The molecule has 2 aliphatic heterocycles. The third-order valence-electron chi connectivity index (χ3n) is 3.36. The second-order valence-electron chi connectivity index (χ2n) is 4.65. The van der Waals surface area contributed by atoms with Gasteiger partial charge in [0, 0.05) is 19.3 Å². The standard InChI is InChI=1S/C13H12Cl2N2O2/c14-10-4-3-8(6-16-10)7-17-5-1-2-9-12(17)11(15)13(18)19-9/h3-4,6,9H,1-2,5,7H2. The summed E-state index contributed by atoms with van der Waals surface area (Å²) >= 11 is 11.8. The quantitative estimate of drug-likeness (QED) is 0.622. The van der Waals surface area contributed by atoms with E-state index in [1.165, 1.54) is 0 Å². The highest BCUT2D eigenvalue weighted by molar-refractivity contribution is 6.42. The summed E-state index contributed by atoms with van der Waals surface area (Å²) in [5.41, 5.74) is 1.84. The van der Waals surface area contributed by atoms with Crippen LogP contribution in [0.25, 0.3) is 0 Å². The molecule has 2 aliphatic rings. The number of piperidine rings is 1. The van der Waals surface area contributed by atoms with E-state index in [9.17, 15) is 4.79 Å². The van der Waals surface area contributed by atoms with Crippen LogP contribution in [0.2, 0.25) is 5.15 Å². The summed E-state index contributed by atoms with van der Waals surface area (Å²) < 4.78 is 5.24. The van der Waals surface area contributed by atoms with Crippen LogP contribution in [0, 0.1) is 0 Å². The minimum absolute atomic E-state index is 0.186. The van der Waals surface area contributed by atoms with Crippen LogP contribution >= 0.6 is 23.2 Å². The van der Waals surface area contributed by atoms with Crippen LogP contribution in [0.1, 0.15) is 18.4 Å². The molecule has 3 heterocycles. The highest BCUT2D eigenvalue weighted by Crippen LogP contribution is 2.35. The van der Waals surface area contributed by atoms with E-state index in [4.69, 9.17) is 27.9 Å². The number of halogens is 2. The van der Waals surface area contributed by atoms with Crippen molar-refractivity contribution in [2.75, 3.05) is 6.54 Å². The van der Waals surface area contributed by atoms with Crippen molar-refractivity contribution in [1.82, 2.24) is 9.88 Å². The first kappa shape index (κ1) is 12.8. The zero-order valence-corrected chi connectivity index (χ0v) is 11.6. The van der Waals surface area contributed by atoms with Gasteiger partial charge < -0.3 is 9.64 Å². The molecule has 6 heteroatoms. The molecule has 1 atom stereocenters. The number of ether oxygens (including phenoxy) is 1. The third kappa shape index (κ3) is 2.42. The van der Waals surface area contributed by atoms with Gasteiger partial charge in [0.15, 0.2) is 0 Å². The zero-order chi connectivity index (χ0) is 13.4. The first-order chi connectivity index (χ1) is 9.15. The Hall–Kier alpha value is -1.26. The van der Waals surface area contributed by atoms with E-state index in [0.29, 0.717) is 11.7 Å². The predicted octanol–water partition coefficient (Wildman–Crippen LogP) is 2.71. The number of esters is 1. The molecule has 0 radical (unpaired) electrons. The SMILES string of the molecule is O=C1OC2CCCN(Cc3ccc(Cl)nc3)C2=C1Cl. The number of carbonyl (C=O) groups is 1. The fraction of sp³-hybridized carbons (Fsp3) is 0.385. The Morgan fingerprint density at radius 2 is 2.26 bits per heavy atom. The highest BCUT2D eigenvalue weighted by atomic mass is 35.5. The molecule has 4 nitrogen and oxygen atoms in total. The largest absolute Gasteiger partial charge is 0.452 e. The van der Waals surface area contributed by atoms with E-state index >= 15 is 0 Å². The van der Waals surface area contributed by atoms with Gasteiger partial charge in [0.25, 0.3) is 0 Å². The lowest BCUT2D eigenvalue weighted by Crippen LogP contribution is -2.34. The Labute approximate surface area is 121 Å². The number of pyridine rings is 1. The summed E-state index contributed by atoms with van der Waals surface area (Å²) in [5, 5.41) is 0.684. The van der Waals surface area contributed by atoms with Gasteiger partial charge in [0.2, 0.25) is 0 Å². The van der Waals surface area contributed by atoms with Gasteiger partial charge in [-0.2, -0.15) is 0 Å². The second kappa shape index (κ2) is 5.02. The summed E-state index contributed by atoms with van der Waals surface area (Å²) in [6.07, 6.45) is 3.37. The fourth-order valence-electron chi connectivity index (χ4n) is 2.49. The molecule has 3 rings (SSSR count). The monoisotopic (exact) mass is 298 g/mol. The number of hydrogen-bond donors (Lipinski definition) is 0. The molecule has 1 aromatic heterocycles. The molecular formula is C13H12Cl2N2O2. The lowest BCUT2D eigenvalue weighted by Gasteiger charge is -2.33. The van der Waals surface area contributed by atoms with Gasteiger partial charge in [0.05, 0.1) is 5.70 Å². The fourth-order valence-corrected chi connectivity index (χ4v) is 2.89. The molecule has 0 aliphatic carbocycles. The van der Waals surface area contributed by atoms with E-state index in [1.807, 2.05) is 6.07 Å². The van der Waals surface area contributed by atoms with Crippen molar-refractivity contribution < 1.29 is 9.53 Å². The Bertz CT molecular complexity index is 542. The van der Waals surface area contributed by atoms with Crippen molar-refractivity contribution >= 4 is 29.2 Å². The number of likely N-dealkylation sites (tertiary alicyclic amines) is 1. The summed E-state index contributed by atoms with van der Waals surface area (Å²) in [4.78, 5) is 17.7. The summed E-state index contributed by atoms with van der Waals surface area (Å²) in [6, 6.07) is 3.68. The number of aromatic nitrogens is 1. The predicted molar refractivity (Wildman–Crippen MR) is 71.7 cm³/mol. The molecule has 0 aromatic carbocycles. The third-order valence-corrected chi connectivity index (χ3v) is 3.93. The maximum absolute atomic E-state index is 11.5. The van der Waals surface area contributed by atoms with E-state index in [2.05, 4.69) is 9.88 Å². The van der Waals surface area contributed by atoms with Crippen LogP contribution in [0.5, 0.6) is 0 Å². The molecule has 0 spiro atoms. The van der Waals surface area contributed by atoms with Crippen molar-refractivity contribution in [3.63, 3.8) is 0 Å². The average Bonchev–Trinajstić information content (AvgIpc) is 2.69. The average molecular weight is 299 g/mol. The molecule has 0 bridgehead atoms. The maximum Gasteiger partial charge on any atom is 0.352 e. The molecular weight excluding hydrogens is 287 g/mol. The summed E-state index contributed by atoms with van der Waals surface area (Å²) in [5.74, 6) is -0.414. The Morgan fingerprint density at radius 3 is 3.00 bits per heavy atom. The molecule has 1 saturated heterocycles. The van der Waals surface area contributed by atoms with Crippen molar-refractivity contribution in [2.24, 2.45) is 0 Å².